The highest BCUT2D eigenvalue weighted by atomic mass is 16.6. The Balaban J connectivity index is 1.09. The van der Waals surface area contributed by atoms with Crippen molar-refractivity contribution < 1.29 is 19.3 Å². The fourth-order valence-electron chi connectivity index (χ4n) is 5.15. The molecule has 0 spiro atoms. The van der Waals surface area contributed by atoms with Gasteiger partial charge in [-0.1, -0.05) is 36.4 Å². The Morgan fingerprint density at radius 1 is 0.906 bits per heavy atom. The van der Waals surface area contributed by atoms with E-state index in [1.165, 1.54) is 18.4 Å². The number of piperidine rings is 2. The predicted molar refractivity (Wildman–Crippen MR) is 124 cm³/mol. The minimum atomic E-state index is -0.500. The lowest BCUT2D eigenvalue weighted by Crippen LogP contribution is -2.54. The second-order valence-corrected chi connectivity index (χ2v) is 9.10. The number of likely N-dealkylation sites (tertiary alicyclic amines) is 2. The first-order valence-electron chi connectivity index (χ1n) is 12.0. The van der Waals surface area contributed by atoms with Crippen molar-refractivity contribution in [2.45, 2.75) is 43.9 Å². The number of β-amino-alcohol motifs (C(OH)–C–C–N with tert-alkyl or cyclic N) is 1. The average molecular weight is 439 g/mol. The van der Waals surface area contributed by atoms with Crippen LogP contribution in [0.2, 0.25) is 0 Å². The van der Waals surface area contributed by atoms with Crippen LogP contribution in [0.1, 0.15) is 24.8 Å². The lowest BCUT2D eigenvalue weighted by atomic mass is 9.97. The van der Waals surface area contributed by atoms with Crippen molar-refractivity contribution in [1.82, 2.24) is 9.80 Å². The van der Waals surface area contributed by atoms with Crippen LogP contribution in [0.4, 0.5) is 0 Å². The van der Waals surface area contributed by atoms with Crippen molar-refractivity contribution in [2.75, 3.05) is 45.9 Å². The fraction of sp³-hybridized carbons (Fsp3) is 0.538. The van der Waals surface area contributed by atoms with Gasteiger partial charge in [0.2, 0.25) is 5.75 Å². The molecule has 3 aliphatic heterocycles. The molecule has 3 heterocycles. The lowest BCUT2D eigenvalue weighted by molar-refractivity contribution is -0.0458. The van der Waals surface area contributed by atoms with Crippen LogP contribution in [0.3, 0.4) is 0 Å². The molecule has 5 rings (SSSR count). The Kier molecular flexibility index (Phi) is 6.81. The predicted octanol–water partition coefficient (Wildman–Crippen LogP) is 2.98. The molecule has 172 valence electrons. The van der Waals surface area contributed by atoms with E-state index in [2.05, 4.69) is 40.1 Å². The van der Waals surface area contributed by atoms with E-state index in [1.54, 1.807) is 0 Å². The molecule has 0 amide bonds. The number of hydrogen-bond donors (Lipinski definition) is 1. The van der Waals surface area contributed by atoms with Crippen LogP contribution in [0, 0.1) is 0 Å². The van der Waals surface area contributed by atoms with Gasteiger partial charge in [-0.15, -0.1) is 0 Å². The third-order valence-electron chi connectivity index (χ3n) is 6.99. The summed E-state index contributed by atoms with van der Waals surface area (Å²) in [5.74, 6) is 2.06. The van der Waals surface area contributed by atoms with Gasteiger partial charge in [-0.05, 0) is 56.5 Å². The minimum absolute atomic E-state index is 0.214. The van der Waals surface area contributed by atoms with Crippen molar-refractivity contribution in [1.29, 1.82) is 0 Å². The van der Waals surface area contributed by atoms with Gasteiger partial charge in [0.05, 0.1) is 0 Å². The van der Waals surface area contributed by atoms with E-state index in [9.17, 15) is 5.11 Å². The maximum atomic E-state index is 10.8. The Bertz CT molecular complexity index is 869. The third kappa shape index (κ3) is 5.03. The summed E-state index contributed by atoms with van der Waals surface area (Å²) in [6.07, 6.45) is 3.56. The molecule has 6 heteroatoms. The highest BCUT2D eigenvalue weighted by molar-refractivity contribution is 5.51. The van der Waals surface area contributed by atoms with Gasteiger partial charge in [0.15, 0.2) is 11.5 Å². The number of benzene rings is 2. The number of aliphatic hydroxyl groups is 1. The molecule has 3 aliphatic rings. The van der Waals surface area contributed by atoms with Crippen molar-refractivity contribution in [3.05, 3.63) is 54.1 Å². The molecule has 0 saturated carbocycles. The average Bonchev–Trinajstić information content (AvgIpc) is 2.85. The van der Waals surface area contributed by atoms with Crippen LogP contribution in [-0.2, 0) is 6.42 Å². The molecule has 0 bridgehead atoms. The molecule has 1 N–H and O–H groups in total. The Labute approximate surface area is 190 Å². The smallest absolute Gasteiger partial charge is 0.203 e. The van der Waals surface area contributed by atoms with E-state index in [0.717, 1.165) is 44.8 Å². The number of fused-ring (bicyclic) bond motifs is 1. The monoisotopic (exact) mass is 438 g/mol. The lowest BCUT2D eigenvalue weighted by Gasteiger charge is -2.43. The van der Waals surface area contributed by atoms with Crippen LogP contribution in [0.25, 0.3) is 0 Å². The summed E-state index contributed by atoms with van der Waals surface area (Å²) in [4.78, 5) is 5.05. The van der Waals surface area contributed by atoms with Crippen LogP contribution in [0.15, 0.2) is 48.5 Å². The fourth-order valence-corrected chi connectivity index (χ4v) is 5.15. The highest BCUT2D eigenvalue weighted by Gasteiger charge is 2.34. The number of hydrogen-bond acceptors (Lipinski definition) is 6. The third-order valence-corrected chi connectivity index (χ3v) is 6.99. The minimum Gasteiger partial charge on any atom is -0.486 e. The van der Waals surface area contributed by atoms with E-state index in [4.69, 9.17) is 14.2 Å². The summed E-state index contributed by atoms with van der Waals surface area (Å²) in [6.45, 7) is 6.12. The summed E-state index contributed by atoms with van der Waals surface area (Å²) in [7, 11) is 0. The van der Waals surface area contributed by atoms with Gasteiger partial charge in [-0.2, -0.15) is 0 Å². The van der Waals surface area contributed by atoms with Gasteiger partial charge >= 0.3 is 0 Å². The summed E-state index contributed by atoms with van der Waals surface area (Å²) < 4.78 is 17.6. The molecule has 2 atom stereocenters. The standard InChI is InChI=1S/C26H34N2O4/c29-22-19-28(21-10-14-27(15-11-21)13-9-20-5-2-1-3-6-20)16-12-23(22)32-25-8-4-7-24-26(25)31-18-17-30-24/h1-8,21-23,29H,9-19H2/t22-,23-/m1/s1. The van der Waals surface area contributed by atoms with Crippen LogP contribution in [-0.4, -0.2) is 79.1 Å². The molecule has 6 nitrogen and oxygen atoms in total. The Morgan fingerprint density at radius 2 is 1.72 bits per heavy atom. The second-order valence-electron chi connectivity index (χ2n) is 9.10. The van der Waals surface area contributed by atoms with Crippen molar-refractivity contribution >= 4 is 0 Å². The zero-order chi connectivity index (χ0) is 21.8. The quantitative estimate of drug-likeness (QED) is 0.749. The van der Waals surface area contributed by atoms with Crippen molar-refractivity contribution in [3.63, 3.8) is 0 Å². The molecule has 0 aromatic heterocycles. The van der Waals surface area contributed by atoms with Crippen LogP contribution in [0.5, 0.6) is 17.2 Å². The normalized spacial score (nSPS) is 24.9. The molecule has 0 unspecified atom stereocenters. The maximum Gasteiger partial charge on any atom is 0.203 e. The summed E-state index contributed by atoms with van der Waals surface area (Å²) in [6, 6.07) is 17.0. The zero-order valence-corrected chi connectivity index (χ0v) is 18.7. The SMILES string of the molecule is O[C@@H]1CN(C2CCN(CCc3ccccc3)CC2)CC[C@H]1Oc1cccc2c1OCCO2. The summed E-state index contributed by atoms with van der Waals surface area (Å²) in [5.41, 5.74) is 1.41. The number of aliphatic hydroxyl groups excluding tert-OH is 1. The first kappa shape index (κ1) is 21.6. The largest absolute Gasteiger partial charge is 0.486 e. The van der Waals surface area contributed by atoms with E-state index in [1.807, 2.05) is 18.2 Å². The van der Waals surface area contributed by atoms with Gasteiger partial charge in [0.25, 0.3) is 0 Å². The van der Waals surface area contributed by atoms with Gasteiger partial charge in [0, 0.05) is 25.7 Å². The number of ether oxygens (including phenoxy) is 3. The molecule has 2 aromatic rings. The topological polar surface area (TPSA) is 54.4 Å². The Hall–Kier alpha value is -2.28. The molecule has 0 radical (unpaired) electrons. The van der Waals surface area contributed by atoms with Crippen LogP contribution >= 0.6 is 0 Å². The summed E-state index contributed by atoms with van der Waals surface area (Å²) >= 11 is 0. The molecular weight excluding hydrogens is 404 g/mol. The number of nitrogens with zero attached hydrogens (tertiary/aromatic N) is 2. The number of rotatable bonds is 6. The van der Waals surface area contributed by atoms with Gasteiger partial charge in [0.1, 0.15) is 25.4 Å². The number of para-hydroxylation sites is 1. The molecule has 2 aromatic carbocycles. The summed E-state index contributed by atoms with van der Waals surface area (Å²) in [5, 5.41) is 10.8. The van der Waals surface area contributed by atoms with E-state index >= 15 is 0 Å². The van der Waals surface area contributed by atoms with Gasteiger partial charge < -0.3 is 24.2 Å². The van der Waals surface area contributed by atoms with Gasteiger partial charge in [-0.25, -0.2) is 0 Å². The van der Waals surface area contributed by atoms with E-state index in [-0.39, 0.29) is 6.10 Å². The van der Waals surface area contributed by atoms with Crippen LogP contribution < -0.4 is 14.2 Å². The molecule has 32 heavy (non-hydrogen) atoms. The van der Waals surface area contributed by atoms with Gasteiger partial charge in [-0.3, -0.25) is 4.90 Å². The highest BCUT2D eigenvalue weighted by Crippen LogP contribution is 2.40. The first-order chi connectivity index (χ1) is 15.8. The first-order valence-corrected chi connectivity index (χ1v) is 12.0. The van der Waals surface area contributed by atoms with Crippen molar-refractivity contribution in [2.24, 2.45) is 0 Å². The maximum absolute atomic E-state index is 10.8. The van der Waals surface area contributed by atoms with E-state index in [0.29, 0.717) is 37.3 Å². The molecule has 2 saturated heterocycles. The Morgan fingerprint density at radius 3 is 2.53 bits per heavy atom. The molecular formula is C26H34N2O4. The molecule has 2 fully saturated rings. The second kappa shape index (κ2) is 10.1. The molecule has 0 aliphatic carbocycles. The zero-order valence-electron chi connectivity index (χ0n) is 18.7. The van der Waals surface area contributed by atoms with E-state index < -0.39 is 6.10 Å². The van der Waals surface area contributed by atoms with Crippen molar-refractivity contribution in [3.8, 4) is 17.2 Å².